The van der Waals surface area contributed by atoms with Crippen molar-refractivity contribution in [2.24, 2.45) is 11.7 Å². The van der Waals surface area contributed by atoms with Crippen molar-refractivity contribution in [3.05, 3.63) is 0 Å². The largest absolute Gasteiger partial charge is 0.391 e. The fourth-order valence-electron chi connectivity index (χ4n) is 2.00. The molecule has 2 fully saturated rings. The van der Waals surface area contributed by atoms with Gasteiger partial charge in [-0.05, 0) is 6.42 Å². The lowest BCUT2D eigenvalue weighted by Gasteiger charge is -2.21. The summed E-state index contributed by atoms with van der Waals surface area (Å²) in [5.74, 6) is -0.174. The zero-order valence-corrected chi connectivity index (χ0v) is 8.06. The van der Waals surface area contributed by atoms with Crippen LogP contribution in [0.3, 0.4) is 0 Å². The van der Waals surface area contributed by atoms with Crippen LogP contribution in [0.5, 0.6) is 0 Å². The zero-order valence-electron chi connectivity index (χ0n) is 8.06. The summed E-state index contributed by atoms with van der Waals surface area (Å²) in [6.45, 7) is 1.98. The fourth-order valence-corrected chi connectivity index (χ4v) is 2.00. The maximum Gasteiger partial charge on any atom is 0.229 e. The molecule has 0 saturated carbocycles. The van der Waals surface area contributed by atoms with Crippen molar-refractivity contribution in [2.75, 3.05) is 26.3 Å². The highest BCUT2D eigenvalue weighted by Crippen LogP contribution is 2.18. The van der Waals surface area contributed by atoms with Gasteiger partial charge in [-0.3, -0.25) is 4.79 Å². The Morgan fingerprint density at radius 1 is 1.50 bits per heavy atom. The molecule has 2 saturated heterocycles. The summed E-state index contributed by atoms with van der Waals surface area (Å²) in [7, 11) is 0. The minimum Gasteiger partial charge on any atom is -0.391 e. The molecule has 1 amide bonds. The molecule has 14 heavy (non-hydrogen) atoms. The molecule has 0 aliphatic carbocycles. The van der Waals surface area contributed by atoms with Crippen molar-refractivity contribution in [1.29, 1.82) is 0 Å². The zero-order chi connectivity index (χ0) is 10.1. The summed E-state index contributed by atoms with van der Waals surface area (Å²) >= 11 is 0. The molecule has 0 radical (unpaired) electrons. The molecular formula is C9H16N2O3. The third-order valence-corrected chi connectivity index (χ3v) is 2.92. The number of hydrogen-bond acceptors (Lipinski definition) is 4. The highest BCUT2D eigenvalue weighted by molar-refractivity contribution is 5.80. The minimum atomic E-state index is -0.363. The third kappa shape index (κ3) is 1.75. The van der Waals surface area contributed by atoms with E-state index >= 15 is 0 Å². The van der Waals surface area contributed by atoms with Gasteiger partial charge >= 0.3 is 0 Å². The number of nitrogens with two attached hydrogens (primary N) is 1. The molecule has 2 heterocycles. The summed E-state index contributed by atoms with van der Waals surface area (Å²) in [6.07, 6.45) is 0.312. The van der Waals surface area contributed by atoms with Crippen LogP contribution < -0.4 is 5.73 Å². The molecule has 0 aromatic carbocycles. The number of aliphatic hydroxyl groups excluding tert-OH is 1. The average molecular weight is 200 g/mol. The van der Waals surface area contributed by atoms with Gasteiger partial charge in [-0.25, -0.2) is 0 Å². The maximum absolute atomic E-state index is 11.9. The van der Waals surface area contributed by atoms with E-state index in [1.54, 1.807) is 4.90 Å². The second kappa shape index (κ2) is 3.84. The van der Waals surface area contributed by atoms with E-state index in [-0.39, 0.29) is 24.0 Å². The number of amides is 1. The predicted molar refractivity (Wildman–Crippen MR) is 49.5 cm³/mol. The lowest BCUT2D eigenvalue weighted by atomic mass is 10.0. The van der Waals surface area contributed by atoms with Gasteiger partial charge in [-0.15, -0.1) is 0 Å². The van der Waals surface area contributed by atoms with Crippen LogP contribution in [0.2, 0.25) is 0 Å². The predicted octanol–water partition coefficient (Wildman–Crippen LogP) is -1.45. The van der Waals surface area contributed by atoms with Crippen molar-refractivity contribution in [3.63, 3.8) is 0 Å². The molecule has 0 aromatic heterocycles. The number of aliphatic hydroxyl groups is 1. The van der Waals surface area contributed by atoms with E-state index in [2.05, 4.69) is 0 Å². The molecule has 5 heteroatoms. The molecule has 2 unspecified atom stereocenters. The first-order valence-corrected chi connectivity index (χ1v) is 4.98. The van der Waals surface area contributed by atoms with E-state index in [9.17, 15) is 9.90 Å². The lowest BCUT2D eigenvalue weighted by molar-refractivity contribution is -0.135. The SMILES string of the molecule is NC1COCC1C(=O)N1CC[C@@H](O)C1. The van der Waals surface area contributed by atoms with Gasteiger partial charge in [-0.2, -0.15) is 0 Å². The van der Waals surface area contributed by atoms with Crippen LogP contribution in [-0.4, -0.2) is 54.4 Å². The van der Waals surface area contributed by atoms with E-state index in [1.807, 2.05) is 0 Å². The first-order valence-electron chi connectivity index (χ1n) is 4.98. The molecule has 0 aromatic rings. The quantitative estimate of drug-likeness (QED) is 0.543. The minimum absolute atomic E-state index is 0.0338. The normalized spacial score (nSPS) is 37.9. The molecule has 2 aliphatic rings. The van der Waals surface area contributed by atoms with Gasteiger partial charge in [-0.1, -0.05) is 0 Å². The standard InChI is InChI=1S/C9H16N2O3/c10-8-5-14-4-7(8)9(13)11-2-1-6(12)3-11/h6-8,12H,1-5,10H2/t6-,7?,8?/m1/s1. The van der Waals surface area contributed by atoms with Crippen LogP contribution in [0.25, 0.3) is 0 Å². The van der Waals surface area contributed by atoms with Crippen molar-refractivity contribution in [1.82, 2.24) is 4.90 Å². The third-order valence-electron chi connectivity index (χ3n) is 2.92. The topological polar surface area (TPSA) is 75.8 Å². The Labute approximate surface area is 82.8 Å². The van der Waals surface area contributed by atoms with Gasteiger partial charge < -0.3 is 20.5 Å². The van der Waals surface area contributed by atoms with E-state index in [1.165, 1.54) is 0 Å². The lowest BCUT2D eigenvalue weighted by Crippen LogP contribution is -2.42. The van der Waals surface area contributed by atoms with E-state index in [0.29, 0.717) is 32.7 Å². The molecule has 3 N–H and O–H groups in total. The molecule has 0 spiro atoms. The Kier molecular flexibility index (Phi) is 2.71. The second-order valence-corrected chi connectivity index (χ2v) is 4.03. The van der Waals surface area contributed by atoms with Gasteiger partial charge in [0.05, 0.1) is 25.2 Å². The Bertz CT molecular complexity index is 234. The van der Waals surface area contributed by atoms with Crippen molar-refractivity contribution in [2.45, 2.75) is 18.6 Å². The van der Waals surface area contributed by atoms with E-state index in [0.717, 1.165) is 0 Å². The summed E-state index contributed by atoms with van der Waals surface area (Å²) in [6, 6.07) is -0.180. The summed E-state index contributed by atoms with van der Waals surface area (Å²) in [4.78, 5) is 13.5. The summed E-state index contributed by atoms with van der Waals surface area (Å²) < 4.78 is 5.14. The van der Waals surface area contributed by atoms with Crippen molar-refractivity contribution in [3.8, 4) is 0 Å². The number of hydrogen-bond donors (Lipinski definition) is 2. The Morgan fingerprint density at radius 2 is 2.29 bits per heavy atom. The molecule has 5 nitrogen and oxygen atoms in total. The van der Waals surface area contributed by atoms with Gasteiger partial charge in [0, 0.05) is 19.1 Å². The highest BCUT2D eigenvalue weighted by Gasteiger charge is 2.36. The molecule has 2 rings (SSSR count). The summed E-state index contributed by atoms with van der Waals surface area (Å²) in [5, 5.41) is 9.30. The molecule has 0 bridgehead atoms. The van der Waals surface area contributed by atoms with Crippen LogP contribution in [0.1, 0.15) is 6.42 Å². The number of β-amino-alcohol motifs (C(OH)–C–C–N with tert-alkyl or cyclic N) is 1. The Balaban J connectivity index is 1.94. The van der Waals surface area contributed by atoms with E-state index in [4.69, 9.17) is 10.5 Å². The number of rotatable bonds is 1. The number of ether oxygens (including phenoxy) is 1. The van der Waals surface area contributed by atoms with Crippen LogP contribution in [0.15, 0.2) is 0 Å². The first kappa shape index (κ1) is 9.89. The number of nitrogens with zero attached hydrogens (tertiary/aromatic N) is 1. The van der Waals surface area contributed by atoms with Crippen LogP contribution in [0, 0.1) is 5.92 Å². The fraction of sp³-hybridized carbons (Fsp3) is 0.889. The molecule has 3 atom stereocenters. The smallest absolute Gasteiger partial charge is 0.229 e. The first-order chi connectivity index (χ1) is 6.68. The number of carbonyl (C=O) groups excluding carboxylic acids is 1. The molecule has 2 aliphatic heterocycles. The van der Waals surface area contributed by atoms with Crippen LogP contribution >= 0.6 is 0 Å². The molecule has 80 valence electrons. The van der Waals surface area contributed by atoms with Gasteiger partial charge in [0.1, 0.15) is 0 Å². The van der Waals surface area contributed by atoms with Gasteiger partial charge in [0.2, 0.25) is 5.91 Å². The molecular weight excluding hydrogens is 184 g/mol. The monoisotopic (exact) mass is 200 g/mol. The Hall–Kier alpha value is -0.650. The number of carbonyl (C=O) groups is 1. The maximum atomic E-state index is 11.9. The van der Waals surface area contributed by atoms with Crippen LogP contribution in [-0.2, 0) is 9.53 Å². The number of likely N-dealkylation sites (tertiary alicyclic amines) is 1. The highest BCUT2D eigenvalue weighted by atomic mass is 16.5. The van der Waals surface area contributed by atoms with Crippen LogP contribution in [0.4, 0.5) is 0 Å². The van der Waals surface area contributed by atoms with E-state index < -0.39 is 0 Å². The van der Waals surface area contributed by atoms with Gasteiger partial charge in [0.15, 0.2) is 0 Å². The average Bonchev–Trinajstić information content (AvgIpc) is 2.73. The van der Waals surface area contributed by atoms with Crippen molar-refractivity contribution >= 4 is 5.91 Å². The van der Waals surface area contributed by atoms with Crippen molar-refractivity contribution < 1.29 is 14.6 Å². The Morgan fingerprint density at radius 3 is 2.79 bits per heavy atom. The summed E-state index contributed by atoms with van der Waals surface area (Å²) in [5.41, 5.74) is 5.75. The van der Waals surface area contributed by atoms with Gasteiger partial charge in [0.25, 0.3) is 0 Å². The second-order valence-electron chi connectivity index (χ2n) is 4.03.